The van der Waals surface area contributed by atoms with Crippen molar-refractivity contribution in [2.75, 3.05) is 0 Å². The maximum absolute atomic E-state index is 12.7. The molecule has 0 spiro atoms. The molecule has 0 aliphatic carbocycles. The summed E-state index contributed by atoms with van der Waals surface area (Å²) in [5, 5.41) is 12.7. The second-order valence-corrected chi connectivity index (χ2v) is 8.89. The third-order valence-corrected chi connectivity index (χ3v) is 7.88. The first kappa shape index (κ1) is 18.2. The Bertz CT molecular complexity index is 664. The zero-order valence-electron chi connectivity index (χ0n) is 13.4. The van der Waals surface area contributed by atoms with Crippen molar-refractivity contribution in [3.63, 3.8) is 0 Å². The molecule has 0 bridgehead atoms. The van der Waals surface area contributed by atoms with Crippen molar-refractivity contribution in [1.29, 1.82) is 0 Å². The monoisotopic (exact) mass is 394 g/mol. The molecule has 2 aromatic carbocycles. The summed E-state index contributed by atoms with van der Waals surface area (Å²) < 4.78 is 14.7. The summed E-state index contributed by atoms with van der Waals surface area (Å²) in [7, 11) is -1.24. The summed E-state index contributed by atoms with van der Waals surface area (Å²) in [6, 6.07) is 19.5. The fourth-order valence-corrected chi connectivity index (χ4v) is 6.19. The molecule has 0 aliphatic rings. The van der Waals surface area contributed by atoms with Gasteiger partial charge >= 0.3 is 147 Å². The van der Waals surface area contributed by atoms with E-state index in [4.69, 9.17) is 0 Å². The molecule has 122 valence electrons. The number of hydrogen-bond donors (Lipinski definition) is 1. The van der Waals surface area contributed by atoms with E-state index in [9.17, 15) is 9.32 Å². The van der Waals surface area contributed by atoms with E-state index in [-0.39, 0.29) is 15.0 Å². The van der Waals surface area contributed by atoms with Gasteiger partial charge in [-0.3, -0.25) is 0 Å². The molecular formula is C19H22O2SSe. The SMILES string of the molecule is CCC(O)(CC)/C(=C\S(=O)c1ccccc1)[Se]c1ccccc1. The molecule has 1 unspecified atom stereocenters. The van der Waals surface area contributed by atoms with Crippen LogP contribution in [0.25, 0.3) is 0 Å². The van der Waals surface area contributed by atoms with Crippen LogP contribution in [0.3, 0.4) is 0 Å². The fraction of sp³-hybridized carbons (Fsp3) is 0.263. The van der Waals surface area contributed by atoms with E-state index in [1.54, 1.807) is 5.41 Å². The van der Waals surface area contributed by atoms with Crippen molar-refractivity contribution in [2.24, 2.45) is 0 Å². The van der Waals surface area contributed by atoms with Gasteiger partial charge in [0.05, 0.1) is 0 Å². The first-order valence-electron chi connectivity index (χ1n) is 7.72. The number of rotatable bonds is 7. The molecule has 0 saturated carbocycles. The van der Waals surface area contributed by atoms with Crippen LogP contribution in [0.4, 0.5) is 0 Å². The Labute approximate surface area is 147 Å². The Morgan fingerprint density at radius 3 is 2.09 bits per heavy atom. The number of hydrogen-bond acceptors (Lipinski definition) is 2. The van der Waals surface area contributed by atoms with E-state index in [1.807, 2.05) is 62.4 Å². The van der Waals surface area contributed by atoms with Gasteiger partial charge in [0.15, 0.2) is 0 Å². The average molecular weight is 393 g/mol. The van der Waals surface area contributed by atoms with Gasteiger partial charge < -0.3 is 0 Å². The Kier molecular flexibility index (Phi) is 6.79. The van der Waals surface area contributed by atoms with Crippen molar-refractivity contribution in [1.82, 2.24) is 0 Å². The first-order chi connectivity index (χ1) is 11.1. The van der Waals surface area contributed by atoms with E-state index in [0.29, 0.717) is 12.8 Å². The zero-order valence-corrected chi connectivity index (χ0v) is 16.0. The third kappa shape index (κ3) is 4.89. The fourth-order valence-electron chi connectivity index (χ4n) is 2.16. The van der Waals surface area contributed by atoms with Gasteiger partial charge in [0.1, 0.15) is 0 Å². The molecular weight excluding hydrogens is 371 g/mol. The summed E-state index contributed by atoms with van der Waals surface area (Å²) >= 11 is -0.0491. The van der Waals surface area contributed by atoms with Crippen molar-refractivity contribution < 1.29 is 9.32 Å². The van der Waals surface area contributed by atoms with Gasteiger partial charge in [-0.05, 0) is 0 Å². The van der Waals surface area contributed by atoms with Crippen LogP contribution in [0.5, 0.6) is 0 Å². The molecule has 2 rings (SSSR count). The van der Waals surface area contributed by atoms with E-state index in [2.05, 4.69) is 12.1 Å². The minimum absolute atomic E-state index is 0.0491. The average Bonchev–Trinajstić information content (AvgIpc) is 2.62. The Morgan fingerprint density at radius 1 is 1.04 bits per heavy atom. The molecule has 23 heavy (non-hydrogen) atoms. The van der Waals surface area contributed by atoms with Crippen molar-refractivity contribution in [3.8, 4) is 0 Å². The molecule has 2 aromatic rings. The van der Waals surface area contributed by atoms with Crippen molar-refractivity contribution in [3.05, 3.63) is 70.5 Å². The molecule has 0 fully saturated rings. The van der Waals surface area contributed by atoms with Crippen LogP contribution in [0.2, 0.25) is 0 Å². The van der Waals surface area contributed by atoms with Crippen molar-refractivity contribution >= 4 is 30.2 Å². The molecule has 0 aromatic heterocycles. The Balaban J connectivity index is 2.37. The molecule has 0 aliphatic heterocycles. The summed E-state index contributed by atoms with van der Waals surface area (Å²) in [5.74, 6) is 0. The van der Waals surface area contributed by atoms with Crippen LogP contribution in [0, 0.1) is 0 Å². The maximum atomic E-state index is 12.7. The summed E-state index contributed by atoms with van der Waals surface area (Å²) in [6.07, 6.45) is 1.24. The van der Waals surface area contributed by atoms with Gasteiger partial charge in [-0.1, -0.05) is 0 Å². The van der Waals surface area contributed by atoms with Gasteiger partial charge in [-0.2, -0.15) is 0 Å². The van der Waals surface area contributed by atoms with Crippen LogP contribution >= 0.6 is 0 Å². The van der Waals surface area contributed by atoms with Gasteiger partial charge in [-0.15, -0.1) is 0 Å². The molecule has 0 amide bonds. The second-order valence-electron chi connectivity index (χ2n) is 5.25. The number of aliphatic hydroxyl groups is 1. The van der Waals surface area contributed by atoms with Crippen LogP contribution in [0.1, 0.15) is 26.7 Å². The molecule has 0 radical (unpaired) electrons. The molecule has 0 saturated heterocycles. The topological polar surface area (TPSA) is 37.3 Å². The number of benzene rings is 2. The van der Waals surface area contributed by atoms with Crippen molar-refractivity contribution in [2.45, 2.75) is 37.2 Å². The van der Waals surface area contributed by atoms with Gasteiger partial charge in [0, 0.05) is 0 Å². The second kappa shape index (κ2) is 8.60. The first-order valence-corrected chi connectivity index (χ1v) is 10.6. The molecule has 4 heteroatoms. The van der Waals surface area contributed by atoms with Gasteiger partial charge in [-0.25, -0.2) is 0 Å². The minimum atomic E-state index is -1.24. The summed E-state index contributed by atoms with van der Waals surface area (Å²) in [6.45, 7) is 3.95. The van der Waals surface area contributed by atoms with E-state index < -0.39 is 16.4 Å². The molecule has 1 atom stereocenters. The van der Waals surface area contributed by atoms with Crippen LogP contribution in [-0.4, -0.2) is 29.9 Å². The van der Waals surface area contributed by atoms with E-state index >= 15 is 0 Å². The Hall–Kier alpha value is -1.19. The third-order valence-electron chi connectivity index (χ3n) is 3.79. The zero-order chi connectivity index (χ0) is 16.7. The molecule has 0 heterocycles. The van der Waals surface area contributed by atoms with E-state index in [0.717, 1.165) is 9.37 Å². The molecule has 2 nitrogen and oxygen atoms in total. The predicted octanol–water partition coefficient (Wildman–Crippen LogP) is 3.22. The van der Waals surface area contributed by atoms with E-state index in [1.165, 1.54) is 4.46 Å². The van der Waals surface area contributed by atoms with Gasteiger partial charge in [0.2, 0.25) is 0 Å². The predicted molar refractivity (Wildman–Crippen MR) is 98.3 cm³/mol. The standard InChI is InChI=1S/C19H22O2SSe/c1-3-19(20,4-2)18(23-17-13-9-6-10-14-17)15-22(21)16-11-7-5-8-12-16/h5-15,20H,3-4H2,1-2H3/b18-15+. The normalized spacial score (nSPS) is 13.8. The quantitative estimate of drug-likeness (QED) is 0.734. The van der Waals surface area contributed by atoms with Crippen LogP contribution < -0.4 is 4.46 Å². The van der Waals surface area contributed by atoms with Crippen LogP contribution in [0.15, 0.2) is 75.4 Å². The summed E-state index contributed by atoms with van der Waals surface area (Å²) in [5.41, 5.74) is -0.889. The summed E-state index contributed by atoms with van der Waals surface area (Å²) in [4.78, 5) is 0.767. The molecule has 1 N–H and O–H groups in total. The van der Waals surface area contributed by atoms with Gasteiger partial charge in [0.25, 0.3) is 0 Å². The Morgan fingerprint density at radius 2 is 1.57 bits per heavy atom. The van der Waals surface area contributed by atoms with Crippen LogP contribution in [-0.2, 0) is 10.8 Å².